The van der Waals surface area contributed by atoms with Gasteiger partial charge in [-0.2, -0.15) is 0 Å². The molecule has 0 atom stereocenters. The molecule has 2 N–H and O–H groups in total. The normalized spacial score (nSPS) is 15.3. The maximum atomic E-state index is 12.5. The van der Waals surface area contributed by atoms with E-state index in [0.29, 0.717) is 6.54 Å². The molecule has 1 saturated heterocycles. The number of hydrogen-bond donors (Lipinski definition) is 2. The van der Waals surface area contributed by atoms with Gasteiger partial charge >= 0.3 is 5.69 Å². The van der Waals surface area contributed by atoms with Crippen molar-refractivity contribution in [2.24, 2.45) is 0 Å². The van der Waals surface area contributed by atoms with Crippen LogP contribution in [0, 0.1) is 0 Å². The van der Waals surface area contributed by atoms with Crippen molar-refractivity contribution in [3.63, 3.8) is 0 Å². The van der Waals surface area contributed by atoms with Gasteiger partial charge in [-0.1, -0.05) is 12.1 Å². The monoisotopic (exact) mass is 421 g/mol. The lowest BCUT2D eigenvalue weighted by Crippen LogP contribution is -2.41. The highest BCUT2D eigenvalue weighted by molar-refractivity contribution is 5.92. The number of carbonyl (C=O) groups excluding carboxylic acids is 1. The smallest absolute Gasteiger partial charge is 0.326 e. The minimum atomic E-state index is -0.0504. The molecule has 2 heterocycles. The van der Waals surface area contributed by atoms with Crippen LogP contribution in [0.1, 0.15) is 32.7 Å². The number of amides is 1. The van der Waals surface area contributed by atoms with E-state index in [1.165, 1.54) is 0 Å². The third-order valence-electron chi connectivity index (χ3n) is 6.19. The number of imidazole rings is 1. The Morgan fingerprint density at radius 2 is 1.74 bits per heavy atom. The Kier molecular flexibility index (Phi) is 6.42. The number of para-hydroxylation sites is 2. The Morgan fingerprint density at radius 3 is 2.42 bits per heavy atom. The number of rotatable bonds is 7. The van der Waals surface area contributed by atoms with Crippen molar-refractivity contribution in [2.75, 3.05) is 42.9 Å². The van der Waals surface area contributed by atoms with Crippen LogP contribution in [-0.4, -0.2) is 53.1 Å². The van der Waals surface area contributed by atoms with Gasteiger partial charge < -0.3 is 15.2 Å². The minimum Gasteiger partial charge on any atom is -0.372 e. The number of carbonyl (C=O) groups is 1. The van der Waals surface area contributed by atoms with Crippen LogP contribution in [0.2, 0.25) is 0 Å². The first-order valence-electron chi connectivity index (χ1n) is 11.2. The molecule has 0 aliphatic carbocycles. The maximum absolute atomic E-state index is 12.5. The molecule has 164 valence electrons. The average molecular weight is 422 g/mol. The second-order valence-electron chi connectivity index (χ2n) is 8.09. The van der Waals surface area contributed by atoms with E-state index in [-0.39, 0.29) is 17.6 Å². The van der Waals surface area contributed by atoms with E-state index in [4.69, 9.17) is 0 Å². The third-order valence-corrected chi connectivity index (χ3v) is 6.19. The molecule has 1 aliphatic rings. The molecule has 0 saturated carbocycles. The molecule has 0 unspecified atom stereocenters. The molecule has 0 spiro atoms. The summed E-state index contributed by atoms with van der Waals surface area (Å²) in [5, 5.41) is 3.00. The van der Waals surface area contributed by atoms with Crippen molar-refractivity contribution in [1.29, 1.82) is 0 Å². The molecule has 7 heteroatoms. The molecular weight excluding hydrogens is 390 g/mol. The van der Waals surface area contributed by atoms with Gasteiger partial charge in [0.15, 0.2) is 0 Å². The Hall–Kier alpha value is -3.06. The van der Waals surface area contributed by atoms with E-state index in [9.17, 15) is 9.59 Å². The number of likely N-dealkylation sites (tertiary alicyclic amines) is 1. The zero-order chi connectivity index (χ0) is 21.8. The van der Waals surface area contributed by atoms with E-state index in [0.717, 1.165) is 61.4 Å². The Morgan fingerprint density at radius 1 is 1.06 bits per heavy atom. The van der Waals surface area contributed by atoms with Crippen LogP contribution in [0.4, 0.5) is 11.4 Å². The zero-order valence-electron chi connectivity index (χ0n) is 18.3. The van der Waals surface area contributed by atoms with Gasteiger partial charge in [0.05, 0.1) is 17.6 Å². The van der Waals surface area contributed by atoms with Crippen LogP contribution in [0.25, 0.3) is 11.0 Å². The lowest BCUT2D eigenvalue weighted by molar-refractivity contribution is -0.117. The van der Waals surface area contributed by atoms with E-state index in [2.05, 4.69) is 33.9 Å². The molecule has 1 fully saturated rings. The molecule has 31 heavy (non-hydrogen) atoms. The quantitative estimate of drug-likeness (QED) is 0.613. The number of aromatic nitrogens is 2. The summed E-state index contributed by atoms with van der Waals surface area (Å²) in [6.07, 6.45) is 1.71. The molecule has 0 bridgehead atoms. The highest BCUT2D eigenvalue weighted by Gasteiger charge is 2.24. The third kappa shape index (κ3) is 4.66. The van der Waals surface area contributed by atoms with Crippen LogP contribution >= 0.6 is 0 Å². The number of aromatic amines is 1. The van der Waals surface area contributed by atoms with Gasteiger partial charge in [0, 0.05) is 43.6 Å². The largest absolute Gasteiger partial charge is 0.372 e. The standard InChI is InChI=1S/C24H31N5O2/c1-3-28(4-2)19-11-9-18(10-12-19)25-23(30)17-27-15-13-20(14-16-27)29-22-8-6-5-7-21(22)26-24(29)31/h5-12,20H,3-4,13-17H2,1-2H3,(H,25,30)(H,26,31). The van der Waals surface area contributed by atoms with Crippen molar-refractivity contribution in [1.82, 2.24) is 14.5 Å². The average Bonchev–Trinajstić information content (AvgIpc) is 3.12. The van der Waals surface area contributed by atoms with Crippen molar-refractivity contribution in [3.8, 4) is 0 Å². The van der Waals surface area contributed by atoms with E-state index in [1.54, 1.807) is 0 Å². The van der Waals surface area contributed by atoms with Crippen molar-refractivity contribution >= 4 is 28.3 Å². The van der Waals surface area contributed by atoms with E-state index >= 15 is 0 Å². The Bertz CT molecular complexity index is 1070. The van der Waals surface area contributed by atoms with Crippen LogP contribution < -0.4 is 15.9 Å². The van der Waals surface area contributed by atoms with E-state index in [1.807, 2.05) is 53.1 Å². The predicted octanol–water partition coefficient (Wildman–Crippen LogP) is 3.45. The molecule has 1 amide bonds. The number of anilines is 2. The first kappa shape index (κ1) is 21.2. The summed E-state index contributed by atoms with van der Waals surface area (Å²) in [6.45, 7) is 8.16. The summed E-state index contributed by atoms with van der Waals surface area (Å²) in [5.41, 5.74) is 3.77. The van der Waals surface area contributed by atoms with Gasteiger partial charge in [-0.05, 0) is 63.1 Å². The summed E-state index contributed by atoms with van der Waals surface area (Å²) in [7, 11) is 0. The first-order valence-corrected chi connectivity index (χ1v) is 11.2. The lowest BCUT2D eigenvalue weighted by atomic mass is 10.0. The summed E-state index contributed by atoms with van der Waals surface area (Å²) >= 11 is 0. The van der Waals surface area contributed by atoms with Gasteiger partial charge in [-0.3, -0.25) is 14.3 Å². The first-order chi connectivity index (χ1) is 15.1. The summed E-state index contributed by atoms with van der Waals surface area (Å²) in [6, 6.07) is 16.0. The fourth-order valence-electron chi connectivity index (χ4n) is 4.52. The number of piperidine rings is 1. The van der Waals surface area contributed by atoms with Crippen molar-refractivity contribution in [3.05, 3.63) is 59.0 Å². The summed E-state index contributed by atoms with van der Waals surface area (Å²) < 4.78 is 1.88. The SMILES string of the molecule is CCN(CC)c1ccc(NC(=O)CN2CCC(n3c(=O)[nH]c4ccccc43)CC2)cc1. The van der Waals surface area contributed by atoms with Crippen molar-refractivity contribution in [2.45, 2.75) is 32.7 Å². The fourth-order valence-corrected chi connectivity index (χ4v) is 4.52. The minimum absolute atomic E-state index is 0.00157. The number of nitrogens with zero attached hydrogens (tertiary/aromatic N) is 3. The number of nitrogens with one attached hydrogen (secondary N) is 2. The summed E-state index contributed by atoms with van der Waals surface area (Å²) in [4.78, 5) is 32.3. The van der Waals surface area contributed by atoms with Gasteiger partial charge in [0.25, 0.3) is 0 Å². The fraction of sp³-hybridized carbons (Fsp3) is 0.417. The molecule has 4 rings (SSSR count). The number of H-pyrrole nitrogens is 1. The number of fused-ring (bicyclic) bond motifs is 1. The Labute approximate surface area is 182 Å². The highest BCUT2D eigenvalue weighted by atomic mass is 16.2. The molecule has 3 aromatic rings. The molecule has 1 aliphatic heterocycles. The second kappa shape index (κ2) is 9.39. The number of benzene rings is 2. The van der Waals surface area contributed by atoms with Gasteiger partial charge in [0.2, 0.25) is 5.91 Å². The lowest BCUT2D eigenvalue weighted by Gasteiger charge is -2.32. The van der Waals surface area contributed by atoms with Crippen LogP contribution in [-0.2, 0) is 4.79 Å². The van der Waals surface area contributed by atoms with Crippen LogP contribution in [0.15, 0.2) is 53.3 Å². The Balaban J connectivity index is 1.31. The van der Waals surface area contributed by atoms with Crippen LogP contribution in [0.3, 0.4) is 0 Å². The zero-order valence-corrected chi connectivity index (χ0v) is 18.3. The highest BCUT2D eigenvalue weighted by Crippen LogP contribution is 2.25. The topological polar surface area (TPSA) is 73.4 Å². The molecule has 0 radical (unpaired) electrons. The molecule has 2 aromatic carbocycles. The maximum Gasteiger partial charge on any atom is 0.326 e. The van der Waals surface area contributed by atoms with E-state index < -0.39 is 0 Å². The molecule has 1 aromatic heterocycles. The van der Waals surface area contributed by atoms with Crippen molar-refractivity contribution < 1.29 is 4.79 Å². The summed E-state index contributed by atoms with van der Waals surface area (Å²) in [5.74, 6) is -0.00157. The molecule has 7 nitrogen and oxygen atoms in total. The molecular formula is C24H31N5O2. The van der Waals surface area contributed by atoms with Crippen LogP contribution in [0.5, 0.6) is 0 Å². The van der Waals surface area contributed by atoms with Gasteiger partial charge in [-0.15, -0.1) is 0 Å². The predicted molar refractivity (Wildman–Crippen MR) is 126 cm³/mol. The van der Waals surface area contributed by atoms with Gasteiger partial charge in [0.1, 0.15) is 0 Å². The van der Waals surface area contributed by atoms with Gasteiger partial charge in [-0.25, -0.2) is 4.79 Å². The second-order valence-corrected chi connectivity index (χ2v) is 8.09. The number of hydrogen-bond acceptors (Lipinski definition) is 4.